The number of benzene rings is 3. The number of rotatable bonds is 6. The summed E-state index contributed by atoms with van der Waals surface area (Å²) in [4.78, 5) is 11.5. The van der Waals surface area contributed by atoms with E-state index in [9.17, 15) is 13.0 Å². The Bertz CT molecular complexity index is 1620. The lowest BCUT2D eigenvalue weighted by atomic mass is 10.2. The molecule has 10 heteroatoms. The summed E-state index contributed by atoms with van der Waals surface area (Å²) in [7, 11) is -4.59. The van der Waals surface area contributed by atoms with Gasteiger partial charge in [0.1, 0.15) is 20.1 Å². The van der Waals surface area contributed by atoms with Crippen molar-refractivity contribution in [3.8, 4) is 21.1 Å². The van der Waals surface area contributed by atoms with E-state index in [0.29, 0.717) is 20.8 Å². The van der Waals surface area contributed by atoms with Gasteiger partial charge >= 0.3 is 0 Å². The van der Waals surface area contributed by atoms with E-state index in [0.717, 1.165) is 39.4 Å². The first kappa shape index (κ1) is 25.2. The topological polar surface area (TPSA) is 123 Å². The summed E-state index contributed by atoms with van der Waals surface area (Å²) >= 11 is 2.84. The molecular formula is C25H26N4O3S3. The Hall–Kier alpha value is -2.89. The van der Waals surface area contributed by atoms with Crippen molar-refractivity contribution in [2.75, 3.05) is 18.0 Å². The molecule has 5 aromatic rings. The van der Waals surface area contributed by atoms with Gasteiger partial charge in [-0.15, -0.1) is 22.7 Å². The summed E-state index contributed by atoms with van der Waals surface area (Å²) in [5.74, 6) is 0. The Balaban J connectivity index is 0.00000289. The molecule has 0 aliphatic carbocycles. The highest BCUT2D eigenvalue weighted by Crippen LogP contribution is 2.38. The molecule has 0 fully saturated rings. The number of fused-ring (bicyclic) bond motifs is 2. The fourth-order valence-corrected chi connectivity index (χ4v) is 7.37. The van der Waals surface area contributed by atoms with Crippen LogP contribution in [0.3, 0.4) is 0 Å². The van der Waals surface area contributed by atoms with Crippen molar-refractivity contribution in [3.05, 3.63) is 60.2 Å². The van der Waals surface area contributed by atoms with Crippen molar-refractivity contribution in [1.82, 2.24) is 16.1 Å². The van der Waals surface area contributed by atoms with Crippen LogP contribution < -0.4 is 11.1 Å². The highest BCUT2D eigenvalue weighted by atomic mass is 32.2. The van der Waals surface area contributed by atoms with Gasteiger partial charge in [-0.1, -0.05) is 6.07 Å². The molecule has 2 aromatic heterocycles. The predicted molar refractivity (Wildman–Crippen MR) is 146 cm³/mol. The van der Waals surface area contributed by atoms with E-state index in [4.69, 9.17) is 4.98 Å². The molecule has 4 N–H and O–H groups in total. The van der Waals surface area contributed by atoms with Gasteiger partial charge in [0.2, 0.25) is 0 Å². The zero-order valence-corrected chi connectivity index (χ0v) is 22.4. The number of hydrogen-bond acceptors (Lipinski definition) is 8. The van der Waals surface area contributed by atoms with Crippen LogP contribution in [-0.4, -0.2) is 36.0 Å². The monoisotopic (exact) mass is 526 g/mol. The summed E-state index contributed by atoms with van der Waals surface area (Å²) in [6, 6.07) is 17.8. The SMILES string of the molecule is CCN(CC)c1ccc(-c2nc3ccc(-c4nc5ccc(C)c(S(=O)(=O)[O-])c5s4)cc3s2)cc1.[NH4+]. The first-order chi connectivity index (χ1) is 16.3. The van der Waals surface area contributed by atoms with E-state index >= 15 is 0 Å². The molecule has 5 rings (SSSR count). The Kier molecular flexibility index (Phi) is 6.94. The number of aryl methyl sites for hydroxylation is 1. The maximum atomic E-state index is 11.8. The maximum Gasteiger partial charge on any atom is 0.126 e. The average molecular weight is 527 g/mol. The Morgan fingerprint density at radius 2 is 1.46 bits per heavy atom. The van der Waals surface area contributed by atoms with E-state index in [1.54, 1.807) is 30.4 Å². The maximum absolute atomic E-state index is 11.8. The smallest absolute Gasteiger partial charge is 0.126 e. The van der Waals surface area contributed by atoms with Crippen molar-refractivity contribution < 1.29 is 13.0 Å². The molecule has 35 heavy (non-hydrogen) atoms. The number of anilines is 1. The first-order valence-corrected chi connectivity index (χ1v) is 13.9. The first-order valence-electron chi connectivity index (χ1n) is 10.9. The van der Waals surface area contributed by atoms with Crippen LogP contribution in [0.4, 0.5) is 5.69 Å². The van der Waals surface area contributed by atoms with Gasteiger partial charge in [-0.3, -0.25) is 0 Å². The minimum absolute atomic E-state index is 0. The fraction of sp³-hybridized carbons (Fsp3) is 0.200. The largest absolute Gasteiger partial charge is 0.744 e. The lowest BCUT2D eigenvalue weighted by Crippen LogP contribution is -2.21. The molecule has 0 aliphatic heterocycles. The minimum Gasteiger partial charge on any atom is -0.744 e. The number of quaternary nitrogens is 1. The second-order valence-corrected chi connectivity index (χ2v) is 11.3. The molecule has 0 saturated carbocycles. The molecule has 0 saturated heterocycles. The molecular weight excluding hydrogens is 501 g/mol. The summed E-state index contributed by atoms with van der Waals surface area (Å²) in [5.41, 5.74) is 4.98. The van der Waals surface area contributed by atoms with Gasteiger partial charge in [0, 0.05) is 29.9 Å². The van der Waals surface area contributed by atoms with Gasteiger partial charge < -0.3 is 15.6 Å². The van der Waals surface area contributed by atoms with E-state index in [1.807, 2.05) is 18.2 Å². The molecule has 0 bridgehead atoms. The molecule has 0 atom stereocenters. The van der Waals surface area contributed by atoms with Crippen molar-refractivity contribution in [3.63, 3.8) is 0 Å². The van der Waals surface area contributed by atoms with Crippen LogP contribution in [-0.2, 0) is 10.1 Å². The lowest BCUT2D eigenvalue weighted by molar-refractivity contribution is 0.463. The number of thiazole rings is 2. The number of nitrogens with zero attached hydrogens (tertiary/aromatic N) is 3. The molecule has 0 spiro atoms. The van der Waals surface area contributed by atoms with Crippen molar-refractivity contribution in [2.45, 2.75) is 25.7 Å². The molecule has 0 aliphatic rings. The second-order valence-electron chi connectivity index (χ2n) is 7.95. The van der Waals surface area contributed by atoms with E-state index in [1.165, 1.54) is 17.0 Å². The molecule has 0 radical (unpaired) electrons. The third-order valence-corrected chi connectivity index (χ3v) is 9.20. The average Bonchev–Trinajstić information content (AvgIpc) is 3.43. The molecule has 3 aromatic carbocycles. The highest BCUT2D eigenvalue weighted by molar-refractivity contribution is 7.86. The van der Waals surface area contributed by atoms with Crippen LogP contribution >= 0.6 is 22.7 Å². The Labute approximate surface area is 212 Å². The molecule has 0 unspecified atom stereocenters. The third kappa shape index (κ3) is 4.67. The molecule has 7 nitrogen and oxygen atoms in total. The molecule has 182 valence electrons. The van der Waals surface area contributed by atoms with Gasteiger partial charge in [-0.2, -0.15) is 0 Å². The predicted octanol–water partition coefficient (Wildman–Crippen LogP) is 6.67. The van der Waals surface area contributed by atoms with Gasteiger partial charge in [0.25, 0.3) is 0 Å². The van der Waals surface area contributed by atoms with Crippen LogP contribution in [0, 0.1) is 6.92 Å². The Morgan fingerprint density at radius 3 is 2.11 bits per heavy atom. The van der Waals surface area contributed by atoms with Crippen molar-refractivity contribution in [1.29, 1.82) is 0 Å². The van der Waals surface area contributed by atoms with Crippen molar-refractivity contribution >= 4 is 58.9 Å². The van der Waals surface area contributed by atoms with Crippen LogP contribution in [0.1, 0.15) is 19.4 Å². The second kappa shape index (κ2) is 9.63. The quantitative estimate of drug-likeness (QED) is 0.246. The van der Waals surface area contributed by atoms with Crippen LogP contribution in [0.15, 0.2) is 59.5 Å². The van der Waals surface area contributed by atoms with Crippen molar-refractivity contribution in [2.24, 2.45) is 0 Å². The van der Waals surface area contributed by atoms with E-state index in [2.05, 4.69) is 48.0 Å². The van der Waals surface area contributed by atoms with Gasteiger partial charge in [-0.05, 0) is 74.9 Å². The third-order valence-electron chi connectivity index (χ3n) is 5.84. The highest BCUT2D eigenvalue weighted by Gasteiger charge is 2.17. The lowest BCUT2D eigenvalue weighted by Gasteiger charge is -2.20. The van der Waals surface area contributed by atoms with Crippen LogP contribution in [0.2, 0.25) is 0 Å². The standard InChI is InChI=1S/C25H23N3O3S3.H3N/c1-4-28(5-2)18-10-7-16(8-11-18)24-26-19-13-9-17(14-21(19)32-24)25-27-20-12-6-15(3)23(22(20)33-25)34(29,30)31;/h6-14H,4-5H2,1-3H3,(H,29,30,31);1H3. The van der Waals surface area contributed by atoms with Crippen LogP contribution in [0.25, 0.3) is 41.6 Å². The fourth-order valence-electron chi connectivity index (χ4n) is 4.09. The minimum atomic E-state index is -4.59. The van der Waals surface area contributed by atoms with Crippen LogP contribution in [0.5, 0.6) is 0 Å². The number of aromatic nitrogens is 2. The van der Waals surface area contributed by atoms with Gasteiger partial charge in [0.05, 0.1) is 25.3 Å². The van der Waals surface area contributed by atoms with Gasteiger partial charge in [0.15, 0.2) is 0 Å². The summed E-state index contributed by atoms with van der Waals surface area (Å²) in [6.45, 7) is 7.86. The summed E-state index contributed by atoms with van der Waals surface area (Å²) in [6.07, 6.45) is 0. The molecule has 0 amide bonds. The van der Waals surface area contributed by atoms with Gasteiger partial charge in [-0.25, -0.2) is 18.4 Å². The Morgan fingerprint density at radius 1 is 0.857 bits per heavy atom. The zero-order valence-electron chi connectivity index (χ0n) is 19.9. The number of hydrogen-bond donors (Lipinski definition) is 1. The van der Waals surface area contributed by atoms with E-state index in [-0.39, 0.29) is 11.0 Å². The normalized spacial score (nSPS) is 11.7. The summed E-state index contributed by atoms with van der Waals surface area (Å²) in [5, 5.41) is 1.61. The summed E-state index contributed by atoms with van der Waals surface area (Å²) < 4.78 is 36.9. The zero-order chi connectivity index (χ0) is 24.0. The molecule has 2 heterocycles. The van der Waals surface area contributed by atoms with E-state index < -0.39 is 10.1 Å².